The van der Waals surface area contributed by atoms with Crippen LogP contribution in [0.2, 0.25) is 0 Å². The number of nitrogens with one attached hydrogen (secondary N) is 1. The summed E-state index contributed by atoms with van der Waals surface area (Å²) in [5.74, 6) is -5.77. The molecular formula is C15H11F4NO3S2. The Morgan fingerprint density at radius 3 is 2.28 bits per heavy atom. The average Bonchev–Trinajstić information content (AvgIpc) is 2.54. The minimum absolute atomic E-state index is 0.0925. The van der Waals surface area contributed by atoms with Crippen molar-refractivity contribution in [3.05, 3.63) is 54.1 Å². The van der Waals surface area contributed by atoms with Gasteiger partial charge in [-0.15, -0.1) is 11.8 Å². The van der Waals surface area contributed by atoms with E-state index in [-0.39, 0.29) is 16.3 Å². The molecule has 0 aliphatic heterocycles. The fourth-order valence-corrected chi connectivity index (χ4v) is 3.20. The average molecular weight is 393 g/mol. The normalized spacial score (nSPS) is 11.6. The van der Waals surface area contributed by atoms with Gasteiger partial charge in [-0.05, 0) is 36.4 Å². The number of carbonyl (C=O) groups is 1. The Morgan fingerprint density at radius 2 is 1.72 bits per heavy atom. The first kappa shape index (κ1) is 19.3. The lowest BCUT2D eigenvalue weighted by Gasteiger charge is -2.07. The number of rotatable bonds is 6. The van der Waals surface area contributed by atoms with Gasteiger partial charge in [0.05, 0.1) is 10.6 Å². The molecule has 10 heteroatoms. The van der Waals surface area contributed by atoms with Gasteiger partial charge in [-0.25, -0.2) is 17.2 Å². The van der Waals surface area contributed by atoms with Gasteiger partial charge < -0.3 is 5.32 Å². The van der Waals surface area contributed by atoms with Crippen molar-refractivity contribution in [2.24, 2.45) is 0 Å². The summed E-state index contributed by atoms with van der Waals surface area (Å²) < 4.78 is 73.6. The van der Waals surface area contributed by atoms with Gasteiger partial charge in [0.15, 0.2) is 0 Å². The molecule has 4 nitrogen and oxygen atoms in total. The standard InChI is InChI=1S/C15H11F4NO3S2/c16-9-1-6-13(12(17)7-9)24-8-14(21)20-10-2-4-11(5-3-10)25(22,23)15(18)19/h1-7,15H,8H2,(H,20,21). The van der Waals surface area contributed by atoms with Crippen LogP contribution in [0.5, 0.6) is 0 Å². The number of anilines is 1. The number of carbonyl (C=O) groups excluding carboxylic acids is 1. The van der Waals surface area contributed by atoms with Crippen LogP contribution in [0.3, 0.4) is 0 Å². The second-order valence-electron chi connectivity index (χ2n) is 4.74. The Kier molecular flexibility index (Phi) is 6.07. The maximum Gasteiger partial charge on any atom is 0.341 e. The summed E-state index contributed by atoms with van der Waals surface area (Å²) in [5, 5.41) is 2.41. The largest absolute Gasteiger partial charge is 0.341 e. The van der Waals surface area contributed by atoms with Crippen LogP contribution in [0.25, 0.3) is 0 Å². The smallest absolute Gasteiger partial charge is 0.325 e. The number of alkyl halides is 2. The summed E-state index contributed by atoms with van der Waals surface area (Å²) >= 11 is 0.846. The van der Waals surface area contributed by atoms with Crippen molar-refractivity contribution in [3.63, 3.8) is 0 Å². The number of hydrogen-bond acceptors (Lipinski definition) is 4. The molecule has 0 unspecified atom stereocenters. The first-order valence-corrected chi connectivity index (χ1v) is 9.23. The summed E-state index contributed by atoms with van der Waals surface area (Å²) in [5.41, 5.74) is 0.193. The predicted octanol–water partition coefficient (Wildman–Crippen LogP) is 3.69. The van der Waals surface area contributed by atoms with Crippen LogP contribution in [0.4, 0.5) is 23.2 Å². The Balaban J connectivity index is 1.97. The molecule has 134 valence electrons. The molecule has 0 aliphatic rings. The fourth-order valence-electron chi connectivity index (χ4n) is 1.76. The van der Waals surface area contributed by atoms with Crippen LogP contribution < -0.4 is 5.32 Å². The van der Waals surface area contributed by atoms with Crippen molar-refractivity contribution in [2.45, 2.75) is 15.5 Å². The lowest BCUT2D eigenvalue weighted by molar-refractivity contribution is -0.113. The molecule has 2 rings (SSSR count). The van der Waals surface area contributed by atoms with Gasteiger partial charge in [0.1, 0.15) is 11.6 Å². The summed E-state index contributed by atoms with van der Waals surface area (Å²) in [6, 6.07) is 7.18. The zero-order valence-corrected chi connectivity index (χ0v) is 14.0. The van der Waals surface area contributed by atoms with Crippen LogP contribution >= 0.6 is 11.8 Å². The van der Waals surface area contributed by atoms with E-state index in [2.05, 4.69) is 5.32 Å². The van der Waals surface area contributed by atoms with Gasteiger partial charge in [-0.2, -0.15) is 8.78 Å². The van der Waals surface area contributed by atoms with E-state index in [0.717, 1.165) is 42.1 Å². The molecule has 25 heavy (non-hydrogen) atoms. The summed E-state index contributed by atoms with van der Waals surface area (Å²) in [6.07, 6.45) is 0. The first-order valence-electron chi connectivity index (χ1n) is 6.70. The Morgan fingerprint density at radius 1 is 1.08 bits per heavy atom. The molecule has 0 saturated heterocycles. The van der Waals surface area contributed by atoms with Gasteiger partial charge >= 0.3 is 5.76 Å². The number of hydrogen-bond donors (Lipinski definition) is 1. The topological polar surface area (TPSA) is 63.2 Å². The molecule has 0 atom stereocenters. The highest BCUT2D eigenvalue weighted by atomic mass is 32.2. The fraction of sp³-hybridized carbons (Fsp3) is 0.133. The highest BCUT2D eigenvalue weighted by Gasteiger charge is 2.26. The molecular weight excluding hydrogens is 382 g/mol. The quantitative estimate of drug-likeness (QED) is 0.601. The lowest BCUT2D eigenvalue weighted by atomic mass is 10.3. The van der Waals surface area contributed by atoms with E-state index in [4.69, 9.17) is 0 Å². The lowest BCUT2D eigenvalue weighted by Crippen LogP contribution is -2.15. The van der Waals surface area contributed by atoms with E-state index in [9.17, 15) is 30.8 Å². The van der Waals surface area contributed by atoms with Crippen molar-refractivity contribution in [1.29, 1.82) is 0 Å². The van der Waals surface area contributed by atoms with Crippen LogP contribution in [0.15, 0.2) is 52.3 Å². The SMILES string of the molecule is O=C(CSc1ccc(F)cc1F)Nc1ccc(S(=O)(=O)C(F)F)cc1. The number of sulfone groups is 1. The Bertz CT molecular complexity index is 871. The highest BCUT2D eigenvalue weighted by Crippen LogP contribution is 2.23. The monoisotopic (exact) mass is 393 g/mol. The van der Waals surface area contributed by atoms with Crippen molar-refractivity contribution < 1.29 is 30.8 Å². The molecule has 0 heterocycles. The summed E-state index contributed by atoms with van der Waals surface area (Å²) in [7, 11) is -4.70. The number of halogens is 4. The number of amides is 1. The minimum atomic E-state index is -4.70. The van der Waals surface area contributed by atoms with E-state index >= 15 is 0 Å². The van der Waals surface area contributed by atoms with Crippen molar-refractivity contribution >= 4 is 33.2 Å². The van der Waals surface area contributed by atoms with Crippen LogP contribution in [0, 0.1) is 11.6 Å². The van der Waals surface area contributed by atoms with Crippen molar-refractivity contribution in [3.8, 4) is 0 Å². The number of thioether (sulfide) groups is 1. The van der Waals surface area contributed by atoms with Crippen LogP contribution in [-0.4, -0.2) is 25.8 Å². The van der Waals surface area contributed by atoms with E-state index < -0.39 is 38.0 Å². The van der Waals surface area contributed by atoms with Gasteiger partial charge in [0.25, 0.3) is 0 Å². The highest BCUT2D eigenvalue weighted by molar-refractivity contribution is 8.00. The van der Waals surface area contributed by atoms with Crippen molar-refractivity contribution in [2.75, 3.05) is 11.1 Å². The molecule has 2 aromatic rings. The molecule has 1 amide bonds. The zero-order chi connectivity index (χ0) is 18.6. The summed E-state index contributed by atoms with van der Waals surface area (Å²) in [6.45, 7) is 0. The van der Waals surface area contributed by atoms with E-state index in [1.807, 2.05) is 0 Å². The third kappa shape index (κ3) is 4.95. The van der Waals surface area contributed by atoms with E-state index in [1.165, 1.54) is 6.07 Å². The Hall–Kier alpha value is -2.07. The molecule has 0 aromatic heterocycles. The predicted molar refractivity (Wildman–Crippen MR) is 85.3 cm³/mol. The van der Waals surface area contributed by atoms with E-state index in [0.29, 0.717) is 6.07 Å². The van der Waals surface area contributed by atoms with Gasteiger partial charge in [0.2, 0.25) is 15.7 Å². The maximum absolute atomic E-state index is 13.4. The van der Waals surface area contributed by atoms with Crippen LogP contribution in [-0.2, 0) is 14.6 Å². The van der Waals surface area contributed by atoms with E-state index in [1.54, 1.807) is 0 Å². The third-order valence-electron chi connectivity index (χ3n) is 2.95. The molecule has 0 bridgehead atoms. The Labute approximate surface area is 145 Å². The number of benzene rings is 2. The van der Waals surface area contributed by atoms with Gasteiger partial charge in [-0.1, -0.05) is 0 Å². The second kappa shape index (κ2) is 7.87. The summed E-state index contributed by atoms with van der Waals surface area (Å²) in [4.78, 5) is 11.3. The van der Waals surface area contributed by atoms with Crippen molar-refractivity contribution in [1.82, 2.24) is 0 Å². The zero-order valence-electron chi connectivity index (χ0n) is 12.4. The molecule has 0 fully saturated rings. The minimum Gasteiger partial charge on any atom is -0.325 e. The molecule has 2 aromatic carbocycles. The van der Waals surface area contributed by atoms with Gasteiger partial charge in [0, 0.05) is 16.6 Å². The third-order valence-corrected chi connectivity index (χ3v) is 5.40. The maximum atomic E-state index is 13.4. The first-order chi connectivity index (χ1) is 11.7. The molecule has 0 aliphatic carbocycles. The van der Waals surface area contributed by atoms with Crippen LogP contribution in [0.1, 0.15) is 0 Å². The second-order valence-corrected chi connectivity index (χ2v) is 7.68. The molecule has 0 spiro atoms. The molecule has 0 radical (unpaired) electrons. The van der Waals surface area contributed by atoms with Gasteiger partial charge in [-0.3, -0.25) is 4.79 Å². The molecule has 1 N–H and O–H groups in total. The molecule has 0 saturated carbocycles.